The van der Waals surface area contributed by atoms with Crippen LogP contribution in [0.15, 0.2) is 0 Å². The van der Waals surface area contributed by atoms with Gasteiger partial charge < -0.3 is 10.4 Å². The van der Waals surface area contributed by atoms with E-state index in [1.807, 2.05) is 13.8 Å². The largest absolute Gasteiger partial charge is 0.480 e. The maximum atomic E-state index is 11.7. The zero-order chi connectivity index (χ0) is 14.6. The molecule has 0 aromatic rings. The van der Waals surface area contributed by atoms with Crippen molar-refractivity contribution in [2.75, 3.05) is 5.75 Å². The molecule has 1 amide bonds. The van der Waals surface area contributed by atoms with E-state index < -0.39 is 16.3 Å². The maximum absolute atomic E-state index is 11.7. The number of thioether (sulfide) groups is 1. The molecule has 0 saturated carbocycles. The molecule has 6 heteroatoms. The Morgan fingerprint density at radius 2 is 1.89 bits per heavy atom. The van der Waals surface area contributed by atoms with Crippen molar-refractivity contribution in [3.63, 3.8) is 0 Å². The standard InChI is InChI=1S/C12H20N2O3S/c1-8(2)12(5,7-13)14-9(15)6-18-11(3,4)10(16)17/h8H,6H2,1-5H3,(H,14,15)(H,16,17). The van der Waals surface area contributed by atoms with Crippen LogP contribution in [0.5, 0.6) is 0 Å². The first-order valence-corrected chi connectivity index (χ1v) is 6.63. The number of nitrogens with one attached hydrogen (secondary N) is 1. The van der Waals surface area contributed by atoms with Gasteiger partial charge in [-0.05, 0) is 26.7 Å². The second kappa shape index (κ2) is 6.10. The molecule has 0 aliphatic heterocycles. The van der Waals surface area contributed by atoms with E-state index in [0.717, 1.165) is 11.8 Å². The molecular weight excluding hydrogens is 252 g/mol. The van der Waals surface area contributed by atoms with Crippen LogP contribution in [0.3, 0.4) is 0 Å². The van der Waals surface area contributed by atoms with E-state index in [0.29, 0.717) is 0 Å². The molecular formula is C12H20N2O3S. The number of rotatable bonds is 6. The molecule has 0 aliphatic carbocycles. The number of hydrogen-bond acceptors (Lipinski definition) is 4. The first-order chi connectivity index (χ1) is 8.05. The summed E-state index contributed by atoms with van der Waals surface area (Å²) in [6.45, 7) is 8.43. The van der Waals surface area contributed by atoms with Crippen LogP contribution in [0.1, 0.15) is 34.6 Å². The minimum absolute atomic E-state index is 0.0172. The van der Waals surface area contributed by atoms with Gasteiger partial charge in [0.1, 0.15) is 10.3 Å². The van der Waals surface area contributed by atoms with Gasteiger partial charge in [0.25, 0.3) is 0 Å². The molecule has 0 aromatic heterocycles. The first kappa shape index (κ1) is 16.8. The molecule has 0 spiro atoms. The number of hydrogen-bond donors (Lipinski definition) is 2. The highest BCUT2D eigenvalue weighted by molar-refractivity contribution is 8.01. The third-order valence-electron chi connectivity index (χ3n) is 2.87. The van der Waals surface area contributed by atoms with Gasteiger partial charge in [-0.3, -0.25) is 9.59 Å². The lowest BCUT2D eigenvalue weighted by atomic mass is 9.90. The van der Waals surface area contributed by atoms with Crippen LogP contribution in [0, 0.1) is 17.2 Å². The fraction of sp³-hybridized carbons (Fsp3) is 0.750. The molecule has 5 nitrogen and oxygen atoms in total. The van der Waals surface area contributed by atoms with E-state index in [1.165, 1.54) is 0 Å². The summed E-state index contributed by atoms with van der Waals surface area (Å²) in [6, 6.07) is 2.07. The summed E-state index contributed by atoms with van der Waals surface area (Å²) >= 11 is 1.04. The summed E-state index contributed by atoms with van der Waals surface area (Å²) < 4.78 is -1.02. The maximum Gasteiger partial charge on any atom is 0.319 e. The third-order valence-corrected chi connectivity index (χ3v) is 4.17. The van der Waals surface area contributed by atoms with E-state index in [4.69, 9.17) is 10.4 Å². The molecule has 0 aromatic carbocycles. The zero-order valence-electron chi connectivity index (χ0n) is 11.4. The highest BCUT2D eigenvalue weighted by Crippen LogP contribution is 2.24. The van der Waals surface area contributed by atoms with Crippen molar-refractivity contribution in [2.24, 2.45) is 5.92 Å². The normalized spacial score (nSPS) is 14.7. The molecule has 0 bridgehead atoms. The SMILES string of the molecule is CC(C)C(C)(C#N)NC(=O)CSC(C)(C)C(=O)O. The monoisotopic (exact) mass is 272 g/mol. The van der Waals surface area contributed by atoms with Gasteiger partial charge in [-0.1, -0.05) is 13.8 Å². The minimum atomic E-state index is -1.02. The van der Waals surface area contributed by atoms with Crippen molar-refractivity contribution < 1.29 is 14.7 Å². The van der Waals surface area contributed by atoms with E-state index in [2.05, 4.69) is 11.4 Å². The number of carbonyl (C=O) groups excluding carboxylic acids is 1. The topological polar surface area (TPSA) is 90.2 Å². The van der Waals surface area contributed by atoms with Crippen LogP contribution < -0.4 is 5.32 Å². The summed E-state index contributed by atoms with van der Waals surface area (Å²) in [5.41, 5.74) is -0.926. The molecule has 0 heterocycles. The van der Waals surface area contributed by atoms with Gasteiger partial charge in [-0.2, -0.15) is 5.26 Å². The van der Waals surface area contributed by atoms with Gasteiger partial charge in [0, 0.05) is 0 Å². The van der Waals surface area contributed by atoms with E-state index in [-0.39, 0.29) is 17.6 Å². The van der Waals surface area contributed by atoms with Crippen molar-refractivity contribution in [1.82, 2.24) is 5.32 Å². The Bertz CT molecular complexity index is 374. The van der Waals surface area contributed by atoms with Crippen molar-refractivity contribution >= 4 is 23.6 Å². The molecule has 102 valence electrons. The Hall–Kier alpha value is -1.22. The fourth-order valence-corrected chi connectivity index (χ4v) is 1.62. The van der Waals surface area contributed by atoms with Crippen molar-refractivity contribution in [3.8, 4) is 6.07 Å². The number of carbonyl (C=O) groups is 2. The third kappa shape index (κ3) is 4.57. The summed E-state index contributed by atoms with van der Waals surface area (Å²) in [6.07, 6.45) is 0. The number of amides is 1. The Morgan fingerprint density at radius 3 is 2.22 bits per heavy atom. The summed E-state index contributed by atoms with van der Waals surface area (Å²) in [7, 11) is 0. The van der Waals surface area contributed by atoms with Gasteiger partial charge in [0.15, 0.2) is 0 Å². The molecule has 0 aliphatic rings. The smallest absolute Gasteiger partial charge is 0.319 e. The van der Waals surface area contributed by atoms with Gasteiger partial charge >= 0.3 is 5.97 Å². The molecule has 1 unspecified atom stereocenters. The van der Waals surface area contributed by atoms with Crippen LogP contribution in [-0.2, 0) is 9.59 Å². The van der Waals surface area contributed by atoms with Crippen molar-refractivity contribution in [3.05, 3.63) is 0 Å². The number of nitrogens with zero attached hydrogens (tertiary/aromatic N) is 1. The second-order valence-electron chi connectivity index (χ2n) is 5.12. The Labute approximate surface area is 112 Å². The second-order valence-corrected chi connectivity index (χ2v) is 6.72. The van der Waals surface area contributed by atoms with Crippen LogP contribution >= 0.6 is 11.8 Å². The highest BCUT2D eigenvalue weighted by Gasteiger charge is 2.32. The zero-order valence-corrected chi connectivity index (χ0v) is 12.2. The number of carboxylic acid groups (broad SMARTS) is 1. The van der Waals surface area contributed by atoms with Crippen LogP contribution in [0.4, 0.5) is 0 Å². The molecule has 0 saturated heterocycles. The van der Waals surface area contributed by atoms with Crippen LogP contribution in [0.25, 0.3) is 0 Å². The van der Waals surface area contributed by atoms with Crippen molar-refractivity contribution in [1.29, 1.82) is 5.26 Å². The van der Waals surface area contributed by atoms with Crippen LogP contribution in [0.2, 0.25) is 0 Å². The average molecular weight is 272 g/mol. The average Bonchev–Trinajstić information content (AvgIpc) is 2.25. The first-order valence-electron chi connectivity index (χ1n) is 5.65. The minimum Gasteiger partial charge on any atom is -0.480 e. The fourth-order valence-electron chi connectivity index (χ4n) is 0.935. The predicted molar refractivity (Wildman–Crippen MR) is 71.2 cm³/mol. The van der Waals surface area contributed by atoms with Crippen molar-refractivity contribution in [2.45, 2.75) is 44.9 Å². The van der Waals surface area contributed by atoms with E-state index >= 15 is 0 Å². The quantitative estimate of drug-likeness (QED) is 0.767. The lowest BCUT2D eigenvalue weighted by Gasteiger charge is -2.28. The number of carboxylic acids is 1. The lowest BCUT2D eigenvalue weighted by molar-refractivity contribution is -0.138. The summed E-state index contributed by atoms with van der Waals surface area (Å²) in [4.78, 5) is 22.6. The number of aliphatic carboxylic acids is 1. The summed E-state index contributed by atoms with van der Waals surface area (Å²) in [5.74, 6) is -1.30. The molecule has 18 heavy (non-hydrogen) atoms. The van der Waals surface area contributed by atoms with Gasteiger partial charge in [-0.25, -0.2) is 0 Å². The Balaban J connectivity index is 4.47. The van der Waals surface area contributed by atoms with Gasteiger partial charge in [0.05, 0.1) is 11.8 Å². The van der Waals surface area contributed by atoms with E-state index in [1.54, 1.807) is 20.8 Å². The lowest BCUT2D eigenvalue weighted by Crippen LogP contribution is -2.49. The van der Waals surface area contributed by atoms with Crippen LogP contribution in [-0.4, -0.2) is 33.0 Å². The molecule has 1 atom stereocenters. The molecule has 0 fully saturated rings. The Kier molecular flexibility index (Phi) is 5.68. The van der Waals surface area contributed by atoms with Gasteiger partial charge in [0.2, 0.25) is 5.91 Å². The summed E-state index contributed by atoms with van der Waals surface area (Å²) in [5, 5.41) is 20.6. The predicted octanol–water partition coefficient (Wildman–Crippen LogP) is 1.64. The highest BCUT2D eigenvalue weighted by atomic mass is 32.2. The Morgan fingerprint density at radius 1 is 1.39 bits per heavy atom. The molecule has 0 radical (unpaired) electrons. The molecule has 0 rings (SSSR count). The number of nitriles is 1. The van der Waals surface area contributed by atoms with E-state index in [9.17, 15) is 9.59 Å². The molecule has 2 N–H and O–H groups in total. The van der Waals surface area contributed by atoms with Gasteiger partial charge in [-0.15, -0.1) is 11.8 Å².